The average molecular weight is 298 g/mol. The third-order valence-corrected chi connectivity index (χ3v) is 3.37. The fourth-order valence-corrected chi connectivity index (χ4v) is 2.04. The van der Waals surface area contributed by atoms with Gasteiger partial charge in [0.1, 0.15) is 0 Å². The fraction of sp³-hybridized carbons (Fsp3) is 0.750. The summed E-state index contributed by atoms with van der Waals surface area (Å²) in [6.07, 6.45) is 14.1. The minimum Gasteiger partial charge on any atom is -0.396 e. The number of aliphatic hydroxyl groups excluding tert-OH is 1. The molecule has 0 radical (unpaired) electrons. The van der Waals surface area contributed by atoms with Crippen LogP contribution >= 0.6 is 0 Å². The third-order valence-electron chi connectivity index (χ3n) is 3.37. The van der Waals surface area contributed by atoms with Gasteiger partial charge in [-0.25, -0.2) is 0 Å². The lowest BCUT2D eigenvalue weighted by molar-refractivity contribution is -0.143. The van der Waals surface area contributed by atoms with E-state index in [0.29, 0.717) is 13.2 Å². The molecule has 0 heterocycles. The van der Waals surface area contributed by atoms with Gasteiger partial charge in [-0.1, -0.05) is 31.4 Å². The van der Waals surface area contributed by atoms with Crippen LogP contribution in [0.2, 0.25) is 0 Å². The zero-order valence-electron chi connectivity index (χ0n) is 13.2. The highest BCUT2D eigenvalue weighted by Crippen LogP contribution is 2.06. The first kappa shape index (κ1) is 19.6. The minimum absolute atomic E-state index is 0.306. The molecule has 0 aromatic carbocycles. The molecule has 21 heavy (non-hydrogen) atoms. The van der Waals surface area contributed by atoms with E-state index >= 15 is 0 Å². The van der Waals surface area contributed by atoms with Crippen molar-refractivity contribution in [3.8, 4) is 0 Å². The van der Waals surface area contributed by atoms with Gasteiger partial charge in [-0.15, -0.1) is 0 Å². The second-order valence-corrected chi connectivity index (χ2v) is 5.34. The van der Waals surface area contributed by atoms with Crippen molar-refractivity contribution in [2.75, 3.05) is 20.2 Å². The molecule has 0 aromatic heterocycles. The number of hydrogen-bond acceptors (Lipinski definition) is 3. The molecule has 2 amide bonds. The number of nitrogens with zero attached hydrogens (tertiary/aromatic N) is 1. The highest BCUT2D eigenvalue weighted by Gasteiger charge is 2.13. The van der Waals surface area contributed by atoms with Crippen molar-refractivity contribution in [2.45, 2.75) is 57.8 Å². The van der Waals surface area contributed by atoms with Crippen LogP contribution < -0.4 is 5.73 Å². The Hall–Kier alpha value is -1.36. The Bertz CT molecular complexity index is 317. The lowest BCUT2D eigenvalue weighted by Crippen LogP contribution is -2.38. The molecule has 0 aliphatic carbocycles. The van der Waals surface area contributed by atoms with Gasteiger partial charge in [0.2, 0.25) is 0 Å². The summed E-state index contributed by atoms with van der Waals surface area (Å²) in [5, 5.41) is 8.65. The van der Waals surface area contributed by atoms with Crippen LogP contribution in [-0.4, -0.2) is 42.0 Å². The first-order valence-corrected chi connectivity index (χ1v) is 7.90. The van der Waals surface area contributed by atoms with Crippen molar-refractivity contribution < 1.29 is 14.7 Å². The molecule has 5 nitrogen and oxygen atoms in total. The van der Waals surface area contributed by atoms with E-state index < -0.39 is 11.8 Å². The number of aliphatic hydroxyl groups is 1. The van der Waals surface area contributed by atoms with Gasteiger partial charge < -0.3 is 15.7 Å². The van der Waals surface area contributed by atoms with Gasteiger partial charge in [0, 0.05) is 20.2 Å². The number of likely N-dealkylation sites (N-methyl/N-ethyl adjacent to an activating group) is 1. The molecule has 0 aliphatic heterocycles. The first-order chi connectivity index (χ1) is 10.1. The van der Waals surface area contributed by atoms with E-state index in [2.05, 4.69) is 12.2 Å². The van der Waals surface area contributed by atoms with E-state index in [1.807, 2.05) is 0 Å². The molecular weight excluding hydrogens is 268 g/mol. The van der Waals surface area contributed by atoms with Gasteiger partial charge in [0.15, 0.2) is 0 Å². The van der Waals surface area contributed by atoms with E-state index in [0.717, 1.165) is 38.5 Å². The lowest BCUT2D eigenvalue weighted by Gasteiger charge is -2.14. The SMILES string of the molecule is CN(CCCC/C=C\CCCCCCCO)C(=O)C(N)=O. The molecule has 0 atom stereocenters. The van der Waals surface area contributed by atoms with E-state index in [-0.39, 0.29) is 0 Å². The topological polar surface area (TPSA) is 83.6 Å². The molecule has 0 bridgehead atoms. The summed E-state index contributed by atoms with van der Waals surface area (Å²) in [5.41, 5.74) is 4.92. The van der Waals surface area contributed by atoms with Gasteiger partial charge in [-0.05, 0) is 38.5 Å². The van der Waals surface area contributed by atoms with Crippen molar-refractivity contribution in [3.05, 3.63) is 12.2 Å². The second kappa shape index (κ2) is 13.6. The number of carbonyl (C=O) groups excluding carboxylic acids is 2. The Morgan fingerprint density at radius 3 is 2.05 bits per heavy atom. The highest BCUT2D eigenvalue weighted by atomic mass is 16.3. The monoisotopic (exact) mass is 298 g/mol. The summed E-state index contributed by atoms with van der Waals surface area (Å²) in [7, 11) is 1.60. The normalized spacial score (nSPS) is 11.0. The number of primary amides is 1. The van der Waals surface area contributed by atoms with Crippen LogP contribution in [0.25, 0.3) is 0 Å². The largest absolute Gasteiger partial charge is 0.396 e. The molecule has 0 saturated heterocycles. The summed E-state index contributed by atoms with van der Waals surface area (Å²) in [6.45, 7) is 0.876. The predicted octanol–water partition coefficient (Wildman–Crippen LogP) is 1.99. The number of amides is 2. The maximum atomic E-state index is 11.2. The summed E-state index contributed by atoms with van der Waals surface area (Å²) in [5.74, 6) is -1.51. The molecule has 0 saturated carbocycles. The molecule has 5 heteroatoms. The molecule has 3 N–H and O–H groups in total. The number of hydrogen-bond donors (Lipinski definition) is 2. The van der Waals surface area contributed by atoms with Gasteiger partial charge in [0.05, 0.1) is 0 Å². The Balaban J connectivity index is 3.36. The maximum absolute atomic E-state index is 11.2. The van der Waals surface area contributed by atoms with Crippen molar-refractivity contribution in [2.24, 2.45) is 5.73 Å². The van der Waals surface area contributed by atoms with Crippen LogP contribution in [0.1, 0.15) is 57.8 Å². The van der Waals surface area contributed by atoms with Gasteiger partial charge >= 0.3 is 11.8 Å². The van der Waals surface area contributed by atoms with Crippen LogP contribution in [0.3, 0.4) is 0 Å². The molecule has 0 rings (SSSR count). The van der Waals surface area contributed by atoms with Crippen molar-refractivity contribution >= 4 is 11.8 Å². The summed E-state index contributed by atoms with van der Waals surface area (Å²) >= 11 is 0. The van der Waals surface area contributed by atoms with Crippen LogP contribution in [0.15, 0.2) is 12.2 Å². The highest BCUT2D eigenvalue weighted by molar-refractivity contribution is 6.34. The average Bonchev–Trinajstić information content (AvgIpc) is 2.47. The van der Waals surface area contributed by atoms with Crippen molar-refractivity contribution in [1.82, 2.24) is 4.90 Å². The molecule has 0 unspecified atom stereocenters. The molecule has 0 aromatic rings. The minimum atomic E-state index is -0.892. The molecule has 122 valence electrons. The quantitative estimate of drug-likeness (QED) is 0.328. The number of nitrogens with two attached hydrogens (primary N) is 1. The lowest BCUT2D eigenvalue weighted by atomic mass is 10.1. The Morgan fingerprint density at radius 2 is 1.48 bits per heavy atom. The summed E-state index contributed by atoms with van der Waals surface area (Å²) < 4.78 is 0. The molecule has 0 fully saturated rings. The van der Waals surface area contributed by atoms with E-state index in [1.165, 1.54) is 24.2 Å². The van der Waals surface area contributed by atoms with Crippen LogP contribution in [0, 0.1) is 0 Å². The standard InChI is InChI=1S/C16H30N2O3/c1-18(16(21)15(17)20)13-11-9-7-5-3-2-4-6-8-10-12-14-19/h3,5,19H,2,4,6-14H2,1H3,(H2,17,20)/b5-3-. The molecule has 0 spiro atoms. The smallest absolute Gasteiger partial charge is 0.311 e. The fourth-order valence-electron chi connectivity index (χ4n) is 2.04. The van der Waals surface area contributed by atoms with Gasteiger partial charge in [0.25, 0.3) is 0 Å². The number of rotatable bonds is 12. The Labute approximate surface area is 128 Å². The predicted molar refractivity (Wildman–Crippen MR) is 84.6 cm³/mol. The van der Waals surface area contributed by atoms with Gasteiger partial charge in [-0.2, -0.15) is 0 Å². The second-order valence-electron chi connectivity index (χ2n) is 5.34. The van der Waals surface area contributed by atoms with Gasteiger partial charge in [-0.3, -0.25) is 9.59 Å². The third kappa shape index (κ3) is 12.1. The van der Waals surface area contributed by atoms with Crippen LogP contribution in [0.5, 0.6) is 0 Å². The zero-order chi connectivity index (χ0) is 15.9. The van der Waals surface area contributed by atoms with E-state index in [1.54, 1.807) is 7.05 Å². The van der Waals surface area contributed by atoms with Crippen molar-refractivity contribution in [3.63, 3.8) is 0 Å². The van der Waals surface area contributed by atoms with Crippen LogP contribution in [0.4, 0.5) is 0 Å². The van der Waals surface area contributed by atoms with Crippen molar-refractivity contribution in [1.29, 1.82) is 0 Å². The number of allylic oxidation sites excluding steroid dienone is 2. The van der Waals surface area contributed by atoms with E-state index in [9.17, 15) is 9.59 Å². The van der Waals surface area contributed by atoms with Crippen LogP contribution in [-0.2, 0) is 9.59 Å². The first-order valence-electron chi connectivity index (χ1n) is 7.90. The van der Waals surface area contributed by atoms with E-state index in [4.69, 9.17) is 10.8 Å². The Kier molecular flexibility index (Phi) is 12.7. The number of carbonyl (C=O) groups is 2. The summed E-state index contributed by atoms with van der Waals surface area (Å²) in [4.78, 5) is 23.2. The zero-order valence-corrected chi connectivity index (χ0v) is 13.2. The molecule has 0 aliphatic rings. The Morgan fingerprint density at radius 1 is 0.952 bits per heavy atom. The summed E-state index contributed by atoms with van der Waals surface area (Å²) in [6, 6.07) is 0. The number of unbranched alkanes of at least 4 members (excludes halogenated alkanes) is 7. The molecular formula is C16H30N2O3. The maximum Gasteiger partial charge on any atom is 0.311 e.